The Bertz CT molecular complexity index is 1140. The van der Waals surface area contributed by atoms with Gasteiger partial charge in [-0.15, -0.1) is 0 Å². The molecule has 1 N–H and O–H groups in total. The summed E-state index contributed by atoms with van der Waals surface area (Å²) in [6.45, 7) is 7.00. The number of amides is 1. The Labute approximate surface area is 211 Å². The number of carbonyl (C=O) groups is 1. The van der Waals surface area contributed by atoms with Gasteiger partial charge in [-0.25, -0.2) is 13.5 Å². The average Bonchev–Trinajstić information content (AvgIpc) is 3.25. The van der Waals surface area contributed by atoms with Crippen molar-refractivity contribution in [2.75, 3.05) is 26.2 Å². The second-order valence-corrected chi connectivity index (χ2v) is 9.85. The van der Waals surface area contributed by atoms with Gasteiger partial charge in [0.15, 0.2) is 11.6 Å². The largest absolute Gasteiger partial charge is 0.490 e. The van der Waals surface area contributed by atoms with Crippen molar-refractivity contribution in [3.8, 4) is 11.4 Å². The van der Waals surface area contributed by atoms with E-state index < -0.39 is 11.6 Å². The lowest BCUT2D eigenvalue weighted by atomic mass is 9.98. The van der Waals surface area contributed by atoms with Gasteiger partial charge >= 0.3 is 0 Å². The summed E-state index contributed by atoms with van der Waals surface area (Å²) in [4.78, 5) is 14.7. The highest BCUT2D eigenvalue weighted by molar-refractivity contribution is 5.78. The number of ether oxygens (including phenoxy) is 1. The number of rotatable bonds is 10. The van der Waals surface area contributed by atoms with Crippen LogP contribution in [-0.4, -0.2) is 46.8 Å². The van der Waals surface area contributed by atoms with Crippen molar-refractivity contribution >= 4 is 5.91 Å². The molecule has 8 heteroatoms. The molecular weight excluding hydrogens is 462 g/mol. The van der Waals surface area contributed by atoms with Gasteiger partial charge < -0.3 is 10.1 Å². The highest BCUT2D eigenvalue weighted by Gasteiger charge is 2.22. The zero-order valence-electron chi connectivity index (χ0n) is 20.9. The van der Waals surface area contributed by atoms with Gasteiger partial charge in [0.1, 0.15) is 5.82 Å². The molecule has 1 aliphatic rings. The van der Waals surface area contributed by atoms with Crippen molar-refractivity contribution in [3.63, 3.8) is 0 Å². The average molecular weight is 497 g/mol. The van der Waals surface area contributed by atoms with E-state index >= 15 is 0 Å². The first-order chi connectivity index (χ1) is 17.4. The number of para-hydroxylation sites is 1. The van der Waals surface area contributed by atoms with Crippen LogP contribution >= 0.6 is 0 Å². The highest BCUT2D eigenvalue weighted by atomic mass is 19.1. The lowest BCUT2D eigenvalue weighted by molar-refractivity contribution is -0.122. The van der Waals surface area contributed by atoms with E-state index in [4.69, 9.17) is 9.84 Å². The number of benzene rings is 2. The van der Waals surface area contributed by atoms with Crippen LogP contribution in [0.1, 0.15) is 38.1 Å². The summed E-state index contributed by atoms with van der Waals surface area (Å²) in [7, 11) is 0. The third-order valence-electron chi connectivity index (χ3n) is 6.36. The van der Waals surface area contributed by atoms with E-state index in [1.54, 1.807) is 0 Å². The molecule has 1 saturated heterocycles. The van der Waals surface area contributed by atoms with E-state index in [1.165, 1.54) is 12.1 Å². The van der Waals surface area contributed by atoms with Crippen molar-refractivity contribution in [2.24, 2.45) is 11.8 Å². The molecule has 0 atom stereocenters. The molecule has 192 valence electrons. The second-order valence-electron chi connectivity index (χ2n) is 9.85. The van der Waals surface area contributed by atoms with Gasteiger partial charge in [0, 0.05) is 11.8 Å². The minimum atomic E-state index is -0.686. The number of aromatic nitrogens is 2. The standard InChI is InChI=1S/C28H34F2N4O2/c1-20(2)14-25-16-23(32-34(25)24-6-4-3-5-7-24)17-31-28(35)18-33-12-10-21(11-13-33)19-36-27-9-8-22(29)15-26(27)30/h3-9,15-16,20-21H,10-14,17-19H2,1-2H3,(H,31,35). The maximum absolute atomic E-state index is 13.7. The normalized spacial score (nSPS) is 14.8. The fourth-order valence-corrected chi connectivity index (χ4v) is 4.48. The smallest absolute Gasteiger partial charge is 0.234 e. The van der Waals surface area contributed by atoms with Crippen LogP contribution in [0.5, 0.6) is 5.75 Å². The van der Waals surface area contributed by atoms with E-state index in [-0.39, 0.29) is 17.6 Å². The quantitative estimate of drug-likeness (QED) is 0.440. The lowest BCUT2D eigenvalue weighted by Gasteiger charge is -2.31. The van der Waals surface area contributed by atoms with Gasteiger partial charge in [0.2, 0.25) is 5.91 Å². The molecule has 1 fully saturated rings. The van der Waals surface area contributed by atoms with Crippen molar-refractivity contribution < 1.29 is 18.3 Å². The molecule has 6 nitrogen and oxygen atoms in total. The topological polar surface area (TPSA) is 59.4 Å². The molecule has 1 aromatic heterocycles. The summed E-state index contributed by atoms with van der Waals surface area (Å²) in [6, 6.07) is 15.4. The first kappa shape index (κ1) is 25.8. The monoisotopic (exact) mass is 496 g/mol. The number of likely N-dealkylation sites (tertiary alicyclic amines) is 1. The zero-order valence-corrected chi connectivity index (χ0v) is 20.9. The Morgan fingerprint density at radius 2 is 1.86 bits per heavy atom. The Balaban J connectivity index is 1.23. The summed E-state index contributed by atoms with van der Waals surface area (Å²) in [5, 5.41) is 7.75. The Morgan fingerprint density at radius 3 is 2.56 bits per heavy atom. The second kappa shape index (κ2) is 12.1. The van der Waals surface area contributed by atoms with Crippen LogP contribution in [0.3, 0.4) is 0 Å². The van der Waals surface area contributed by atoms with Crippen LogP contribution in [0.4, 0.5) is 8.78 Å². The fraction of sp³-hybridized carbons (Fsp3) is 0.429. The number of nitrogens with one attached hydrogen (secondary N) is 1. The third-order valence-corrected chi connectivity index (χ3v) is 6.36. The van der Waals surface area contributed by atoms with Crippen molar-refractivity contribution in [3.05, 3.63) is 77.6 Å². The SMILES string of the molecule is CC(C)Cc1cc(CNC(=O)CN2CCC(COc3ccc(F)cc3F)CC2)nn1-c1ccccc1. The summed E-state index contributed by atoms with van der Waals surface area (Å²) in [5.41, 5.74) is 2.98. The van der Waals surface area contributed by atoms with Crippen LogP contribution < -0.4 is 10.1 Å². The minimum absolute atomic E-state index is 0.0299. The van der Waals surface area contributed by atoms with E-state index in [2.05, 4.69) is 30.1 Å². The van der Waals surface area contributed by atoms with Gasteiger partial charge in [-0.2, -0.15) is 5.10 Å². The predicted molar refractivity (Wildman–Crippen MR) is 135 cm³/mol. The van der Waals surface area contributed by atoms with Crippen LogP contribution in [0.2, 0.25) is 0 Å². The first-order valence-electron chi connectivity index (χ1n) is 12.6. The number of carbonyl (C=O) groups excluding carboxylic acids is 1. The van der Waals surface area contributed by atoms with Gasteiger partial charge in [-0.3, -0.25) is 9.69 Å². The molecule has 2 aromatic carbocycles. The van der Waals surface area contributed by atoms with Crippen LogP contribution in [-0.2, 0) is 17.8 Å². The fourth-order valence-electron chi connectivity index (χ4n) is 4.48. The molecule has 36 heavy (non-hydrogen) atoms. The molecule has 0 aliphatic carbocycles. The predicted octanol–water partition coefficient (Wildman–Crippen LogP) is 4.76. The van der Waals surface area contributed by atoms with Gasteiger partial charge in [0.05, 0.1) is 31.1 Å². The van der Waals surface area contributed by atoms with Crippen LogP contribution in [0.25, 0.3) is 5.69 Å². The van der Waals surface area contributed by atoms with Gasteiger partial charge in [-0.05, 0) is 74.5 Å². The summed E-state index contributed by atoms with van der Waals surface area (Å²) in [6.07, 6.45) is 2.62. The van der Waals surface area contributed by atoms with E-state index in [0.29, 0.717) is 25.6 Å². The molecule has 0 spiro atoms. The van der Waals surface area contributed by atoms with E-state index in [1.807, 2.05) is 35.0 Å². The Kier molecular flexibility index (Phi) is 8.70. The minimum Gasteiger partial charge on any atom is -0.490 e. The summed E-state index contributed by atoms with van der Waals surface area (Å²) in [5.74, 6) is -0.493. The summed E-state index contributed by atoms with van der Waals surface area (Å²) >= 11 is 0. The molecule has 1 amide bonds. The van der Waals surface area contributed by atoms with Gasteiger partial charge in [-0.1, -0.05) is 32.0 Å². The van der Waals surface area contributed by atoms with E-state index in [0.717, 1.165) is 55.5 Å². The maximum Gasteiger partial charge on any atom is 0.234 e. The third kappa shape index (κ3) is 7.13. The van der Waals surface area contributed by atoms with Crippen molar-refractivity contribution in [2.45, 2.75) is 39.7 Å². The van der Waals surface area contributed by atoms with Crippen LogP contribution in [0.15, 0.2) is 54.6 Å². The number of hydrogen-bond donors (Lipinski definition) is 1. The first-order valence-corrected chi connectivity index (χ1v) is 12.6. The molecule has 4 rings (SSSR count). The van der Waals surface area contributed by atoms with Crippen molar-refractivity contribution in [1.29, 1.82) is 0 Å². The number of hydrogen-bond acceptors (Lipinski definition) is 4. The highest BCUT2D eigenvalue weighted by Crippen LogP contribution is 2.22. The number of halogens is 2. The molecule has 2 heterocycles. The maximum atomic E-state index is 13.7. The molecule has 3 aromatic rings. The Hall–Kier alpha value is -3.26. The molecule has 0 unspecified atom stereocenters. The van der Waals surface area contributed by atoms with E-state index in [9.17, 15) is 13.6 Å². The number of piperidine rings is 1. The lowest BCUT2D eigenvalue weighted by Crippen LogP contribution is -2.42. The van der Waals surface area contributed by atoms with Gasteiger partial charge in [0.25, 0.3) is 0 Å². The Morgan fingerprint density at radius 1 is 1.11 bits per heavy atom. The molecule has 1 aliphatic heterocycles. The zero-order chi connectivity index (χ0) is 25.5. The number of nitrogens with zero attached hydrogens (tertiary/aromatic N) is 3. The molecule has 0 bridgehead atoms. The van der Waals surface area contributed by atoms with Crippen LogP contribution in [0, 0.1) is 23.5 Å². The molecule has 0 radical (unpaired) electrons. The van der Waals surface area contributed by atoms with Crippen molar-refractivity contribution in [1.82, 2.24) is 20.0 Å². The molecular formula is C28H34F2N4O2. The molecule has 0 saturated carbocycles. The summed E-state index contributed by atoms with van der Waals surface area (Å²) < 4.78 is 34.3.